The number of hydrogen-bond acceptors (Lipinski definition) is 2. The van der Waals surface area contributed by atoms with Gasteiger partial charge in [0.1, 0.15) is 0 Å². The number of piperazine rings is 1. The molecule has 1 aromatic rings. The number of benzene rings is 1. The molecule has 2 aliphatic rings. The Morgan fingerprint density at radius 3 is 2.43 bits per heavy atom. The van der Waals surface area contributed by atoms with Crippen molar-refractivity contribution >= 4 is 15.9 Å². The van der Waals surface area contributed by atoms with E-state index >= 15 is 0 Å². The highest BCUT2D eigenvalue weighted by Gasteiger charge is 2.39. The molecule has 1 saturated heterocycles. The van der Waals surface area contributed by atoms with Gasteiger partial charge in [0, 0.05) is 36.7 Å². The van der Waals surface area contributed by atoms with E-state index in [1.807, 2.05) is 0 Å². The molecule has 1 aliphatic carbocycles. The molecular weight excluding hydrogens is 345 g/mol. The Hall–Kier alpha value is -0.590. The topological polar surface area (TPSA) is 15.3 Å². The van der Waals surface area contributed by atoms with E-state index in [9.17, 15) is 13.2 Å². The molecule has 6 heteroatoms. The van der Waals surface area contributed by atoms with Crippen molar-refractivity contribution in [2.75, 3.05) is 26.2 Å². The fourth-order valence-corrected chi connectivity index (χ4v) is 3.55. The summed E-state index contributed by atoms with van der Waals surface area (Å²) in [4.78, 5) is 2.33. The number of rotatable bonds is 3. The fraction of sp³-hybridized carbons (Fsp3) is 0.600. The standard InChI is InChI=1S/C15H18BrF3N2/c16-13-4-3-11(15(17,18)19)9-12(13)14(10-1-2-10)21-7-5-20-6-8-21/h3-4,9-10,14,20H,1-2,5-8H2/t14-/m0/s1. The molecule has 1 saturated carbocycles. The monoisotopic (exact) mass is 362 g/mol. The predicted octanol–water partition coefficient (Wildman–Crippen LogP) is 3.82. The van der Waals surface area contributed by atoms with E-state index in [1.54, 1.807) is 0 Å². The lowest BCUT2D eigenvalue weighted by molar-refractivity contribution is -0.137. The lowest BCUT2D eigenvalue weighted by Gasteiger charge is -2.36. The first-order valence-corrected chi connectivity index (χ1v) is 8.07. The molecular formula is C15H18BrF3N2. The van der Waals surface area contributed by atoms with Gasteiger partial charge in [0.25, 0.3) is 0 Å². The van der Waals surface area contributed by atoms with E-state index in [4.69, 9.17) is 0 Å². The lowest BCUT2D eigenvalue weighted by atomic mass is 9.97. The SMILES string of the molecule is FC(F)(F)c1ccc(Br)c([C@H](C2CC2)N2CCNCC2)c1. The van der Waals surface area contributed by atoms with Crippen LogP contribution in [0.1, 0.15) is 30.0 Å². The second-order valence-electron chi connectivity index (χ2n) is 5.80. The molecule has 0 spiro atoms. The van der Waals surface area contributed by atoms with Gasteiger partial charge in [0.2, 0.25) is 0 Å². The second kappa shape index (κ2) is 5.89. The zero-order valence-electron chi connectivity index (χ0n) is 11.6. The number of alkyl halides is 3. The first-order valence-electron chi connectivity index (χ1n) is 7.28. The Kier molecular flexibility index (Phi) is 4.30. The summed E-state index contributed by atoms with van der Waals surface area (Å²) in [7, 11) is 0. The van der Waals surface area contributed by atoms with Crippen molar-refractivity contribution in [3.8, 4) is 0 Å². The van der Waals surface area contributed by atoms with Crippen LogP contribution in [0.15, 0.2) is 22.7 Å². The number of nitrogens with zero attached hydrogens (tertiary/aromatic N) is 1. The Balaban J connectivity index is 1.94. The Labute approximate surface area is 130 Å². The van der Waals surface area contributed by atoms with Crippen LogP contribution in [0.2, 0.25) is 0 Å². The minimum Gasteiger partial charge on any atom is -0.314 e. The summed E-state index contributed by atoms with van der Waals surface area (Å²) in [5, 5.41) is 3.30. The first kappa shape index (κ1) is 15.3. The molecule has 1 aromatic carbocycles. The maximum atomic E-state index is 13.0. The summed E-state index contributed by atoms with van der Waals surface area (Å²) in [6.45, 7) is 3.59. The van der Waals surface area contributed by atoms with Crippen molar-refractivity contribution in [2.45, 2.75) is 25.1 Å². The third-order valence-corrected chi connectivity index (χ3v) is 4.98. The van der Waals surface area contributed by atoms with Crippen LogP contribution in [0, 0.1) is 5.92 Å². The van der Waals surface area contributed by atoms with E-state index in [0.29, 0.717) is 5.92 Å². The summed E-state index contributed by atoms with van der Waals surface area (Å²) >= 11 is 3.45. The summed E-state index contributed by atoms with van der Waals surface area (Å²) in [6.07, 6.45) is -2.07. The normalized spacial score (nSPS) is 22.3. The average molecular weight is 363 g/mol. The van der Waals surface area contributed by atoms with E-state index < -0.39 is 11.7 Å². The van der Waals surface area contributed by atoms with Crippen molar-refractivity contribution in [2.24, 2.45) is 5.92 Å². The number of halogens is 4. The maximum absolute atomic E-state index is 13.0. The van der Waals surface area contributed by atoms with Gasteiger partial charge in [0.15, 0.2) is 0 Å². The van der Waals surface area contributed by atoms with Gasteiger partial charge in [-0.15, -0.1) is 0 Å². The van der Waals surface area contributed by atoms with Crippen LogP contribution in [-0.2, 0) is 6.18 Å². The van der Waals surface area contributed by atoms with Crippen LogP contribution >= 0.6 is 15.9 Å². The third-order valence-electron chi connectivity index (χ3n) is 4.26. The molecule has 0 amide bonds. The lowest BCUT2D eigenvalue weighted by Crippen LogP contribution is -2.45. The maximum Gasteiger partial charge on any atom is 0.416 e. The van der Waals surface area contributed by atoms with Gasteiger partial charge < -0.3 is 5.32 Å². The Bertz CT molecular complexity index is 508. The van der Waals surface area contributed by atoms with Crippen molar-refractivity contribution in [3.63, 3.8) is 0 Å². The van der Waals surface area contributed by atoms with Crippen LogP contribution in [0.4, 0.5) is 13.2 Å². The average Bonchev–Trinajstić information content (AvgIpc) is 3.26. The largest absolute Gasteiger partial charge is 0.416 e. The summed E-state index contributed by atoms with van der Waals surface area (Å²) in [5.41, 5.74) is 0.232. The highest BCUT2D eigenvalue weighted by atomic mass is 79.9. The second-order valence-corrected chi connectivity index (χ2v) is 6.66. The van der Waals surface area contributed by atoms with Gasteiger partial charge in [-0.05, 0) is 42.5 Å². The predicted molar refractivity (Wildman–Crippen MR) is 79.1 cm³/mol. The first-order chi connectivity index (χ1) is 9.97. The molecule has 1 heterocycles. The number of hydrogen-bond donors (Lipinski definition) is 1. The highest BCUT2D eigenvalue weighted by molar-refractivity contribution is 9.10. The molecule has 1 aliphatic heterocycles. The molecule has 1 N–H and O–H groups in total. The van der Waals surface area contributed by atoms with E-state index in [2.05, 4.69) is 26.1 Å². The highest BCUT2D eigenvalue weighted by Crippen LogP contribution is 2.47. The van der Waals surface area contributed by atoms with Crippen LogP contribution in [-0.4, -0.2) is 31.1 Å². The van der Waals surface area contributed by atoms with Crippen LogP contribution in [0.3, 0.4) is 0 Å². The van der Waals surface area contributed by atoms with Gasteiger partial charge in [-0.25, -0.2) is 0 Å². The van der Waals surface area contributed by atoms with Gasteiger partial charge in [0.05, 0.1) is 5.56 Å². The van der Waals surface area contributed by atoms with Crippen LogP contribution in [0.25, 0.3) is 0 Å². The van der Waals surface area contributed by atoms with Crippen molar-refractivity contribution in [3.05, 3.63) is 33.8 Å². The van der Waals surface area contributed by atoms with Crippen molar-refractivity contribution < 1.29 is 13.2 Å². The zero-order chi connectivity index (χ0) is 15.0. The molecule has 21 heavy (non-hydrogen) atoms. The van der Waals surface area contributed by atoms with E-state index in [-0.39, 0.29) is 6.04 Å². The quantitative estimate of drug-likeness (QED) is 0.878. The molecule has 0 aromatic heterocycles. The minimum atomic E-state index is -4.28. The summed E-state index contributed by atoms with van der Waals surface area (Å²) in [6, 6.07) is 4.11. The Morgan fingerprint density at radius 1 is 1.19 bits per heavy atom. The summed E-state index contributed by atoms with van der Waals surface area (Å²) < 4.78 is 39.7. The van der Waals surface area contributed by atoms with E-state index in [1.165, 1.54) is 12.1 Å². The zero-order valence-corrected chi connectivity index (χ0v) is 13.2. The molecule has 116 valence electrons. The molecule has 0 bridgehead atoms. The van der Waals surface area contributed by atoms with Gasteiger partial charge >= 0.3 is 6.18 Å². The molecule has 2 nitrogen and oxygen atoms in total. The molecule has 2 fully saturated rings. The Morgan fingerprint density at radius 2 is 1.86 bits per heavy atom. The summed E-state index contributed by atoms with van der Waals surface area (Å²) in [5.74, 6) is 0.489. The van der Waals surface area contributed by atoms with Gasteiger partial charge in [-0.2, -0.15) is 13.2 Å². The molecule has 0 radical (unpaired) electrons. The minimum absolute atomic E-state index is 0.101. The number of nitrogens with one attached hydrogen (secondary N) is 1. The fourth-order valence-electron chi connectivity index (χ4n) is 3.07. The van der Waals surface area contributed by atoms with E-state index in [0.717, 1.165) is 55.1 Å². The van der Waals surface area contributed by atoms with Crippen LogP contribution in [0.5, 0.6) is 0 Å². The van der Waals surface area contributed by atoms with Gasteiger partial charge in [-0.1, -0.05) is 15.9 Å². The van der Waals surface area contributed by atoms with Crippen LogP contribution < -0.4 is 5.32 Å². The molecule has 1 atom stereocenters. The van der Waals surface area contributed by atoms with Gasteiger partial charge in [-0.3, -0.25) is 4.90 Å². The molecule has 3 rings (SSSR count). The van der Waals surface area contributed by atoms with Crippen molar-refractivity contribution in [1.82, 2.24) is 10.2 Å². The smallest absolute Gasteiger partial charge is 0.314 e. The van der Waals surface area contributed by atoms with Crippen molar-refractivity contribution in [1.29, 1.82) is 0 Å². The third kappa shape index (κ3) is 3.43. The molecule has 0 unspecified atom stereocenters.